The zero-order valence-electron chi connectivity index (χ0n) is 25.2. The zero-order chi connectivity index (χ0) is 32.0. The standard InChI is InChI=1S/C16H16N2O2.2C6H15P.F6P.Re/c19-15-7-3-1-5-13(15)11-17-9-10-18-12-14-6-2-4-8-16(14)20;2*1-4-7(5-2)6-3;1-7(2,3,4,5)6;/h1-8,11-12,19-20H,9-10H2;2*4-6H2,1-3H3;;/q;;;-1;. The van der Waals surface area contributed by atoms with Crippen LogP contribution >= 0.6 is 23.7 Å². The molecule has 0 heterocycles. The van der Waals surface area contributed by atoms with Gasteiger partial charge in [0, 0.05) is 32.9 Å². The van der Waals surface area contributed by atoms with Crippen LogP contribution in [0.15, 0.2) is 58.5 Å². The summed E-state index contributed by atoms with van der Waals surface area (Å²) in [6.07, 6.45) is 11.8. The molecule has 14 heteroatoms. The fraction of sp³-hybridized carbons (Fsp3) is 0.500. The van der Waals surface area contributed by atoms with Gasteiger partial charge in [-0.25, -0.2) is 0 Å². The van der Waals surface area contributed by atoms with Crippen molar-refractivity contribution in [2.45, 2.75) is 41.5 Å². The Bertz CT molecular complexity index is 933. The molecule has 0 fully saturated rings. The van der Waals surface area contributed by atoms with E-state index in [4.69, 9.17) is 0 Å². The summed E-state index contributed by atoms with van der Waals surface area (Å²) >= 11 is 0. The summed E-state index contributed by atoms with van der Waals surface area (Å²) in [5, 5.41) is 22.8. The molecule has 0 aliphatic carbocycles. The fourth-order valence-corrected chi connectivity index (χ4v) is 6.12. The summed E-state index contributed by atoms with van der Waals surface area (Å²) in [5.41, 5.74) is 1.14. The first kappa shape index (κ1) is 45.3. The first-order valence-electron chi connectivity index (χ1n) is 13.7. The summed E-state index contributed by atoms with van der Waals surface area (Å²) in [4.78, 5) is 8.28. The van der Waals surface area contributed by atoms with Gasteiger partial charge in [-0.3, -0.25) is 9.98 Å². The Kier molecular flexibility index (Phi) is 24.2. The van der Waals surface area contributed by atoms with Gasteiger partial charge in [0.05, 0.1) is 50.1 Å². The van der Waals surface area contributed by atoms with E-state index in [1.165, 1.54) is 49.1 Å². The average molecular weight is 836 g/mol. The van der Waals surface area contributed by atoms with Gasteiger partial charge in [-0.2, -0.15) is 0 Å². The molecule has 2 rings (SSSR count). The number of halogens is 6. The summed E-state index contributed by atoms with van der Waals surface area (Å²) in [7, 11) is -10.4. The number of rotatable bonds is 11. The topological polar surface area (TPSA) is 70.8 Å². The minimum Gasteiger partial charge on any atom is -0.872 e. The van der Waals surface area contributed by atoms with Crippen molar-refractivity contribution in [3.63, 3.8) is 0 Å². The monoisotopic (exact) mass is 836 g/mol. The molecule has 0 bridgehead atoms. The molecule has 0 N–H and O–H groups in total. The van der Waals surface area contributed by atoms with E-state index in [-0.39, 0.29) is 47.8 Å². The van der Waals surface area contributed by atoms with Crippen LogP contribution in [0.1, 0.15) is 52.7 Å². The third kappa shape index (κ3) is 31.8. The van der Waals surface area contributed by atoms with Crippen LogP contribution < -0.4 is 10.2 Å². The van der Waals surface area contributed by atoms with Crippen molar-refractivity contribution in [3.05, 3.63) is 59.7 Å². The van der Waals surface area contributed by atoms with E-state index >= 15 is 0 Å². The molecule has 0 amide bonds. The average Bonchev–Trinajstić information content (AvgIpc) is 2.89. The van der Waals surface area contributed by atoms with Crippen LogP contribution in [-0.4, -0.2) is 62.5 Å². The van der Waals surface area contributed by atoms with Crippen LogP contribution in [0.4, 0.5) is 25.2 Å². The van der Waals surface area contributed by atoms with Crippen LogP contribution in [0.5, 0.6) is 11.5 Å². The van der Waals surface area contributed by atoms with Crippen molar-refractivity contribution in [2.75, 3.05) is 50.1 Å². The van der Waals surface area contributed by atoms with E-state index in [0.29, 0.717) is 24.2 Å². The second-order valence-electron chi connectivity index (χ2n) is 8.73. The Morgan fingerprint density at radius 1 is 0.571 bits per heavy atom. The second kappa shape index (κ2) is 22.4. The first-order valence-corrected chi connectivity index (χ1v) is 19.9. The smallest absolute Gasteiger partial charge is 0.0585 e. The van der Waals surface area contributed by atoms with E-state index in [0.717, 1.165) is 0 Å². The molecular formula is C28H46F6N2O2P3Re-. The van der Waals surface area contributed by atoms with Gasteiger partial charge in [-0.15, -0.1) is 11.5 Å². The van der Waals surface area contributed by atoms with Crippen molar-refractivity contribution in [1.29, 1.82) is 0 Å². The van der Waals surface area contributed by atoms with Gasteiger partial charge in [-0.1, -0.05) is 48.5 Å². The van der Waals surface area contributed by atoms with E-state index < -0.39 is 7.81 Å². The third-order valence-electron chi connectivity index (χ3n) is 5.66. The summed E-state index contributed by atoms with van der Waals surface area (Å²) < 4.78 is 59.2. The fourth-order valence-electron chi connectivity index (χ4n) is 3.12. The van der Waals surface area contributed by atoms with Crippen LogP contribution in [0.2, 0.25) is 0 Å². The zero-order valence-corrected chi connectivity index (χ0v) is 30.8. The van der Waals surface area contributed by atoms with Crippen LogP contribution in [0.3, 0.4) is 0 Å². The summed E-state index contributed by atoms with van der Waals surface area (Å²) in [5.74, 6) is -0.0833. The Morgan fingerprint density at radius 2 is 0.810 bits per heavy atom. The van der Waals surface area contributed by atoms with E-state index in [1.807, 2.05) is 0 Å². The maximum absolute atomic E-state index is 11.4. The van der Waals surface area contributed by atoms with Crippen molar-refractivity contribution >= 4 is 36.1 Å². The Hall–Kier alpha value is -1.09. The maximum atomic E-state index is 11.4. The number of para-hydroxylation sites is 2. The second-order valence-corrected chi connectivity index (χ2v) is 17.9. The minimum atomic E-state index is -10.7. The first-order chi connectivity index (χ1) is 18.9. The minimum absolute atomic E-state index is 0. The Labute approximate surface area is 263 Å². The molecule has 0 atom stereocenters. The number of aliphatic imine (C=N–C) groups is 2. The molecule has 0 aromatic heterocycles. The normalized spacial score (nSPS) is 12.7. The van der Waals surface area contributed by atoms with Crippen LogP contribution in [0, 0.1) is 0 Å². The molecule has 0 saturated heterocycles. The van der Waals surface area contributed by atoms with Gasteiger partial charge >= 0.3 is 33.0 Å². The largest absolute Gasteiger partial charge is 0.872 e. The number of hydrogen-bond donors (Lipinski definition) is 0. The molecule has 0 saturated carbocycles. The molecule has 2 aromatic rings. The molecular weight excluding hydrogens is 789 g/mol. The van der Waals surface area contributed by atoms with Gasteiger partial charge < -0.3 is 10.2 Å². The Morgan fingerprint density at radius 3 is 1.00 bits per heavy atom. The molecule has 0 unspecified atom stereocenters. The quantitative estimate of drug-likeness (QED) is 0.0981. The van der Waals surface area contributed by atoms with Gasteiger partial charge in [-0.05, 0) is 68.5 Å². The molecule has 4 nitrogen and oxygen atoms in total. The molecule has 0 aliphatic heterocycles. The van der Waals surface area contributed by atoms with Gasteiger partial charge in [0.25, 0.3) is 0 Å². The molecule has 0 spiro atoms. The van der Waals surface area contributed by atoms with E-state index in [1.54, 1.807) is 48.8 Å². The molecule has 2 aromatic carbocycles. The van der Waals surface area contributed by atoms with Gasteiger partial charge in [0.2, 0.25) is 0 Å². The van der Waals surface area contributed by atoms with Gasteiger partial charge in [0.15, 0.2) is 0 Å². The molecule has 245 valence electrons. The number of benzene rings is 2. The maximum Gasteiger partial charge on any atom is 0.0585 e. The predicted octanol–water partition coefficient (Wildman–Crippen LogP) is 9.27. The molecule has 1 radical (unpaired) electrons. The van der Waals surface area contributed by atoms with Gasteiger partial charge in [0.1, 0.15) is 0 Å². The van der Waals surface area contributed by atoms with Crippen molar-refractivity contribution in [1.82, 2.24) is 0 Å². The SMILES string of the molecule is CC[PH+](CC)CC.CC[PH+](CC)CC.F[P-](F)(F)(F)(F)F.[O-]c1ccccc1C=NCCN=Cc1ccccc1[O-].[Re]. The van der Waals surface area contributed by atoms with E-state index in [9.17, 15) is 35.4 Å². The summed E-state index contributed by atoms with van der Waals surface area (Å²) in [6.45, 7) is 14.8. The van der Waals surface area contributed by atoms with Crippen molar-refractivity contribution < 1.29 is 55.8 Å². The van der Waals surface area contributed by atoms with Crippen molar-refractivity contribution in [3.8, 4) is 11.5 Å². The Balaban J connectivity index is -0.000000573. The summed E-state index contributed by atoms with van der Waals surface area (Å²) in [6, 6.07) is 13.5. The molecule has 42 heavy (non-hydrogen) atoms. The third-order valence-corrected chi connectivity index (χ3v) is 11.7. The van der Waals surface area contributed by atoms with Crippen LogP contribution in [-0.2, 0) is 20.4 Å². The van der Waals surface area contributed by atoms with E-state index in [2.05, 4.69) is 51.5 Å². The molecule has 0 aliphatic rings. The predicted molar refractivity (Wildman–Crippen MR) is 170 cm³/mol. The van der Waals surface area contributed by atoms with Crippen LogP contribution in [0.25, 0.3) is 0 Å². The van der Waals surface area contributed by atoms with Crippen molar-refractivity contribution in [2.24, 2.45) is 9.98 Å². The number of nitrogens with zero attached hydrogens (tertiary/aromatic N) is 2. The number of hydrogen-bond acceptors (Lipinski definition) is 4.